The van der Waals surface area contributed by atoms with Gasteiger partial charge in [0.2, 0.25) is 0 Å². The van der Waals surface area contributed by atoms with Gasteiger partial charge in [-0.15, -0.1) is 0 Å². The Morgan fingerprint density at radius 1 is 1.19 bits per heavy atom. The molecule has 1 saturated heterocycles. The van der Waals surface area contributed by atoms with Gasteiger partial charge in [-0.25, -0.2) is 0 Å². The molecule has 21 heavy (non-hydrogen) atoms. The van der Waals surface area contributed by atoms with Crippen molar-refractivity contribution in [2.45, 2.75) is 31.9 Å². The fourth-order valence-corrected chi connectivity index (χ4v) is 3.21. The minimum Gasteiger partial charge on any atom is -0.494 e. The molecule has 1 fully saturated rings. The van der Waals surface area contributed by atoms with Crippen LogP contribution >= 0.6 is 0 Å². The Hall–Kier alpha value is -1.32. The van der Waals surface area contributed by atoms with Crippen molar-refractivity contribution in [3.63, 3.8) is 0 Å². The number of rotatable bonds is 4. The lowest BCUT2D eigenvalue weighted by Crippen LogP contribution is -2.37. The third kappa shape index (κ3) is 4.32. The summed E-state index contributed by atoms with van der Waals surface area (Å²) in [6.07, 6.45) is 6.19. The molecule has 2 aliphatic heterocycles. The molecule has 0 radical (unpaired) electrons. The summed E-state index contributed by atoms with van der Waals surface area (Å²) in [5, 5.41) is 0. The molecule has 3 heteroatoms. The molecule has 2 heterocycles. The van der Waals surface area contributed by atoms with Crippen molar-refractivity contribution in [3.05, 3.63) is 47.7 Å². The number of benzene rings is 1. The zero-order chi connectivity index (χ0) is 14.5. The molecule has 0 amide bonds. The van der Waals surface area contributed by atoms with Gasteiger partial charge >= 0.3 is 0 Å². The number of hydrogen-bond acceptors (Lipinski definition) is 3. The second-order valence-electron chi connectivity index (χ2n) is 6.29. The van der Waals surface area contributed by atoms with E-state index in [4.69, 9.17) is 4.74 Å². The summed E-state index contributed by atoms with van der Waals surface area (Å²) >= 11 is 0. The van der Waals surface area contributed by atoms with Gasteiger partial charge < -0.3 is 9.64 Å². The zero-order valence-electron chi connectivity index (χ0n) is 13.0. The van der Waals surface area contributed by atoms with Crippen LogP contribution in [-0.2, 0) is 11.3 Å². The van der Waals surface area contributed by atoms with Crippen molar-refractivity contribution in [2.75, 3.05) is 33.2 Å². The van der Waals surface area contributed by atoms with E-state index >= 15 is 0 Å². The van der Waals surface area contributed by atoms with Crippen molar-refractivity contribution in [2.24, 2.45) is 0 Å². The minimum absolute atomic E-state index is 0.399. The lowest BCUT2D eigenvalue weighted by molar-refractivity contribution is 0.0400. The third-order valence-corrected chi connectivity index (χ3v) is 4.40. The van der Waals surface area contributed by atoms with Crippen molar-refractivity contribution in [1.29, 1.82) is 0 Å². The summed E-state index contributed by atoms with van der Waals surface area (Å²) in [5.41, 5.74) is 1.39. The predicted octanol–water partition coefficient (Wildman–Crippen LogP) is 2.89. The summed E-state index contributed by atoms with van der Waals surface area (Å²) < 4.78 is 6.19. The Labute approximate surface area is 128 Å². The summed E-state index contributed by atoms with van der Waals surface area (Å²) in [4.78, 5) is 4.86. The van der Waals surface area contributed by atoms with Crippen LogP contribution in [0.2, 0.25) is 0 Å². The van der Waals surface area contributed by atoms with Gasteiger partial charge in [-0.2, -0.15) is 0 Å². The molecule has 0 saturated carbocycles. The highest BCUT2D eigenvalue weighted by Gasteiger charge is 2.21. The second-order valence-corrected chi connectivity index (χ2v) is 6.29. The minimum atomic E-state index is 0.399. The first-order chi connectivity index (χ1) is 10.3. The van der Waals surface area contributed by atoms with Crippen molar-refractivity contribution < 1.29 is 4.74 Å². The molecule has 3 rings (SSSR count). The summed E-state index contributed by atoms with van der Waals surface area (Å²) in [6.45, 7) is 5.43. The largest absolute Gasteiger partial charge is 0.494 e. The molecule has 0 aliphatic carbocycles. The van der Waals surface area contributed by atoms with E-state index in [2.05, 4.69) is 53.3 Å². The van der Waals surface area contributed by atoms with Crippen LogP contribution < -0.4 is 0 Å². The predicted molar refractivity (Wildman–Crippen MR) is 86.0 cm³/mol. The highest BCUT2D eigenvalue weighted by atomic mass is 16.5. The van der Waals surface area contributed by atoms with Crippen LogP contribution in [0.15, 0.2) is 42.2 Å². The molecule has 114 valence electrons. The molecule has 0 aromatic heterocycles. The molecule has 1 atom stereocenters. The molecular weight excluding hydrogens is 260 g/mol. The van der Waals surface area contributed by atoms with Gasteiger partial charge in [0.15, 0.2) is 0 Å². The second kappa shape index (κ2) is 7.10. The monoisotopic (exact) mass is 286 g/mol. The van der Waals surface area contributed by atoms with Gasteiger partial charge in [-0.05, 0) is 38.1 Å². The number of likely N-dealkylation sites (tertiary alicyclic amines) is 1. The maximum Gasteiger partial charge on any atom is 0.111 e. The molecule has 0 spiro atoms. The summed E-state index contributed by atoms with van der Waals surface area (Å²) in [7, 11) is 2.19. The molecule has 1 aromatic carbocycles. The first-order valence-electron chi connectivity index (χ1n) is 8.10. The highest BCUT2D eigenvalue weighted by Crippen LogP contribution is 2.20. The molecule has 0 N–H and O–H groups in total. The molecule has 0 bridgehead atoms. The van der Waals surface area contributed by atoms with E-state index in [1.54, 1.807) is 0 Å². The number of ether oxygens (including phenoxy) is 1. The zero-order valence-corrected chi connectivity index (χ0v) is 13.0. The molecular formula is C18H26N2O. The Bertz CT molecular complexity index is 471. The first-order valence-corrected chi connectivity index (χ1v) is 8.10. The summed E-state index contributed by atoms with van der Waals surface area (Å²) in [6, 6.07) is 10.7. The smallest absolute Gasteiger partial charge is 0.111 e. The van der Waals surface area contributed by atoms with Gasteiger partial charge in [0.25, 0.3) is 0 Å². The average Bonchev–Trinajstić information content (AvgIpc) is 2.50. The maximum atomic E-state index is 6.19. The fraction of sp³-hybridized carbons (Fsp3) is 0.556. The van der Waals surface area contributed by atoms with E-state index < -0.39 is 0 Å². The Kier molecular flexibility index (Phi) is 4.94. The van der Waals surface area contributed by atoms with Crippen LogP contribution in [0.25, 0.3) is 0 Å². The van der Waals surface area contributed by atoms with Crippen LogP contribution in [0.5, 0.6) is 0 Å². The standard InChI is InChI=1S/C18H26N2O/c1-19-11-5-8-18(15-19)21-17-9-12-20(13-10-17)14-16-6-3-2-4-7-16/h2-4,6-7,9,18H,5,8,10-15H2,1H3. The van der Waals surface area contributed by atoms with Crippen LogP contribution in [0, 0.1) is 0 Å². The van der Waals surface area contributed by atoms with Crippen LogP contribution in [0.4, 0.5) is 0 Å². The van der Waals surface area contributed by atoms with Gasteiger partial charge in [-0.3, -0.25) is 4.90 Å². The van der Waals surface area contributed by atoms with Gasteiger partial charge in [0.1, 0.15) is 6.10 Å². The van der Waals surface area contributed by atoms with E-state index in [-0.39, 0.29) is 0 Å². The van der Waals surface area contributed by atoms with E-state index in [1.165, 1.54) is 30.7 Å². The van der Waals surface area contributed by atoms with Crippen molar-refractivity contribution in [1.82, 2.24) is 9.80 Å². The highest BCUT2D eigenvalue weighted by molar-refractivity contribution is 5.15. The number of hydrogen-bond donors (Lipinski definition) is 0. The molecule has 1 unspecified atom stereocenters. The van der Waals surface area contributed by atoms with Gasteiger partial charge in [-0.1, -0.05) is 30.3 Å². The van der Waals surface area contributed by atoms with Gasteiger partial charge in [0, 0.05) is 32.6 Å². The van der Waals surface area contributed by atoms with Crippen molar-refractivity contribution >= 4 is 0 Å². The number of likely N-dealkylation sites (N-methyl/N-ethyl adjacent to an activating group) is 1. The molecule has 2 aliphatic rings. The Morgan fingerprint density at radius 3 is 2.76 bits per heavy atom. The SMILES string of the molecule is CN1CCCC(OC2=CCN(Cc3ccccc3)CC2)C1. The molecule has 3 nitrogen and oxygen atoms in total. The lowest BCUT2D eigenvalue weighted by Gasteiger charge is -2.33. The van der Waals surface area contributed by atoms with Crippen molar-refractivity contribution in [3.8, 4) is 0 Å². The maximum absolute atomic E-state index is 6.19. The van der Waals surface area contributed by atoms with E-state index in [9.17, 15) is 0 Å². The average molecular weight is 286 g/mol. The lowest BCUT2D eigenvalue weighted by atomic mass is 10.1. The van der Waals surface area contributed by atoms with Crippen LogP contribution in [0.3, 0.4) is 0 Å². The normalized spacial score (nSPS) is 24.6. The van der Waals surface area contributed by atoms with E-state index in [1.807, 2.05) is 0 Å². The topological polar surface area (TPSA) is 15.7 Å². The van der Waals surface area contributed by atoms with Crippen LogP contribution in [-0.4, -0.2) is 49.1 Å². The summed E-state index contributed by atoms with van der Waals surface area (Å²) in [5.74, 6) is 1.21. The van der Waals surface area contributed by atoms with E-state index in [0.29, 0.717) is 6.10 Å². The number of nitrogens with zero attached hydrogens (tertiary/aromatic N) is 2. The van der Waals surface area contributed by atoms with Crippen LogP contribution in [0.1, 0.15) is 24.8 Å². The third-order valence-electron chi connectivity index (χ3n) is 4.40. The van der Waals surface area contributed by atoms with Gasteiger partial charge in [0.05, 0.1) is 5.76 Å². The quantitative estimate of drug-likeness (QED) is 0.846. The first kappa shape index (κ1) is 14.6. The molecule has 1 aromatic rings. The van der Waals surface area contributed by atoms with E-state index in [0.717, 1.165) is 32.6 Å². The number of piperidine rings is 1. The fourth-order valence-electron chi connectivity index (χ4n) is 3.21. The Balaban J connectivity index is 1.47. The Morgan fingerprint density at radius 2 is 2.05 bits per heavy atom.